The largest absolute Gasteiger partial charge is 0.393 e. The van der Waals surface area contributed by atoms with Crippen LogP contribution in [0.25, 0.3) is 0 Å². The minimum atomic E-state index is -3.24. The van der Waals surface area contributed by atoms with Crippen molar-refractivity contribution in [1.82, 2.24) is 9.29 Å². The van der Waals surface area contributed by atoms with Gasteiger partial charge in [-0.15, -0.1) is 0 Å². The zero-order chi connectivity index (χ0) is 13.9. The Labute approximate surface area is 114 Å². The molecule has 2 heterocycles. The van der Waals surface area contributed by atoms with Gasteiger partial charge in [0.2, 0.25) is 10.0 Å². The number of nitrogens with zero attached hydrogens (tertiary/aromatic N) is 2. The number of aliphatic hydroxyl groups is 1. The van der Waals surface area contributed by atoms with Crippen molar-refractivity contribution in [2.24, 2.45) is 5.92 Å². The highest BCUT2D eigenvalue weighted by molar-refractivity contribution is 7.89. The maximum atomic E-state index is 12.2. The van der Waals surface area contributed by atoms with Crippen LogP contribution >= 0.6 is 0 Å². The Bertz CT molecular complexity index is 502. The average molecular weight is 284 g/mol. The SMILES string of the molecule is CC(O)C1CCN(S(=O)(=O)CCc2ccccn2)C1. The highest BCUT2D eigenvalue weighted by Crippen LogP contribution is 2.22. The summed E-state index contributed by atoms with van der Waals surface area (Å²) in [6.07, 6.45) is 2.39. The van der Waals surface area contributed by atoms with E-state index in [4.69, 9.17) is 0 Å². The second-order valence-electron chi connectivity index (χ2n) is 5.03. The van der Waals surface area contributed by atoms with E-state index in [1.165, 1.54) is 4.31 Å². The van der Waals surface area contributed by atoms with E-state index in [1.807, 2.05) is 18.2 Å². The number of aromatic nitrogens is 1. The van der Waals surface area contributed by atoms with E-state index >= 15 is 0 Å². The predicted octanol–water partition coefficient (Wildman–Crippen LogP) is 0.657. The van der Waals surface area contributed by atoms with Crippen LogP contribution in [0.5, 0.6) is 0 Å². The molecular weight excluding hydrogens is 264 g/mol. The summed E-state index contributed by atoms with van der Waals surface area (Å²) >= 11 is 0. The van der Waals surface area contributed by atoms with E-state index in [0.29, 0.717) is 19.5 Å². The quantitative estimate of drug-likeness (QED) is 0.862. The Morgan fingerprint density at radius 2 is 2.32 bits per heavy atom. The van der Waals surface area contributed by atoms with Gasteiger partial charge in [0, 0.05) is 31.4 Å². The van der Waals surface area contributed by atoms with Crippen LogP contribution in [-0.2, 0) is 16.4 Å². The Kier molecular flexibility index (Phi) is 4.54. The maximum Gasteiger partial charge on any atom is 0.214 e. The molecule has 1 saturated heterocycles. The summed E-state index contributed by atoms with van der Waals surface area (Å²) in [5.74, 6) is 0.140. The lowest BCUT2D eigenvalue weighted by atomic mass is 10.0. The van der Waals surface area contributed by atoms with Gasteiger partial charge in [0.05, 0.1) is 11.9 Å². The van der Waals surface area contributed by atoms with Crippen LogP contribution in [0.2, 0.25) is 0 Å². The highest BCUT2D eigenvalue weighted by Gasteiger charge is 2.33. The lowest BCUT2D eigenvalue weighted by Gasteiger charge is -2.17. The molecule has 0 aliphatic carbocycles. The minimum absolute atomic E-state index is 0.0598. The van der Waals surface area contributed by atoms with Crippen molar-refractivity contribution in [2.45, 2.75) is 25.9 Å². The molecule has 1 aliphatic rings. The lowest BCUT2D eigenvalue weighted by molar-refractivity contribution is 0.133. The molecule has 19 heavy (non-hydrogen) atoms. The molecule has 2 atom stereocenters. The second-order valence-corrected chi connectivity index (χ2v) is 7.12. The Morgan fingerprint density at radius 1 is 1.53 bits per heavy atom. The molecule has 0 radical (unpaired) electrons. The third-order valence-electron chi connectivity index (χ3n) is 3.61. The van der Waals surface area contributed by atoms with Crippen molar-refractivity contribution in [2.75, 3.05) is 18.8 Å². The molecule has 2 rings (SSSR count). The molecule has 2 unspecified atom stereocenters. The number of rotatable bonds is 5. The zero-order valence-corrected chi connectivity index (χ0v) is 11.9. The summed E-state index contributed by atoms with van der Waals surface area (Å²) in [6, 6.07) is 5.50. The van der Waals surface area contributed by atoms with Crippen molar-refractivity contribution in [1.29, 1.82) is 0 Å². The molecule has 0 saturated carbocycles. The number of aryl methyl sites for hydroxylation is 1. The lowest BCUT2D eigenvalue weighted by Crippen LogP contribution is -2.33. The van der Waals surface area contributed by atoms with E-state index in [2.05, 4.69) is 4.98 Å². The molecule has 6 heteroatoms. The fourth-order valence-corrected chi connectivity index (χ4v) is 3.84. The molecular formula is C13H20N2O3S. The van der Waals surface area contributed by atoms with Crippen LogP contribution in [0.3, 0.4) is 0 Å². The second kappa shape index (κ2) is 5.98. The van der Waals surface area contributed by atoms with E-state index in [0.717, 1.165) is 12.1 Å². The number of hydrogen-bond donors (Lipinski definition) is 1. The van der Waals surface area contributed by atoms with Gasteiger partial charge in [-0.3, -0.25) is 4.98 Å². The first-order valence-corrected chi connectivity index (χ1v) is 8.16. The molecule has 0 spiro atoms. The van der Waals surface area contributed by atoms with Crippen LogP contribution in [-0.4, -0.2) is 47.8 Å². The number of aliphatic hydroxyl groups excluding tert-OH is 1. The van der Waals surface area contributed by atoms with E-state index < -0.39 is 16.1 Å². The van der Waals surface area contributed by atoms with Crippen LogP contribution in [0.15, 0.2) is 24.4 Å². The first-order chi connectivity index (χ1) is 8.99. The van der Waals surface area contributed by atoms with Gasteiger partial charge in [-0.25, -0.2) is 12.7 Å². The summed E-state index contributed by atoms with van der Waals surface area (Å²) < 4.78 is 25.9. The van der Waals surface area contributed by atoms with Crippen LogP contribution in [0.1, 0.15) is 19.0 Å². The summed E-state index contributed by atoms with van der Waals surface area (Å²) in [7, 11) is -3.24. The molecule has 0 amide bonds. The first-order valence-electron chi connectivity index (χ1n) is 6.55. The average Bonchev–Trinajstić information content (AvgIpc) is 2.88. The molecule has 1 aromatic heterocycles. The van der Waals surface area contributed by atoms with Gasteiger partial charge < -0.3 is 5.11 Å². The normalized spacial score (nSPS) is 22.5. The third kappa shape index (κ3) is 3.75. The Balaban J connectivity index is 1.93. The predicted molar refractivity (Wildman–Crippen MR) is 73.1 cm³/mol. The topological polar surface area (TPSA) is 70.5 Å². The van der Waals surface area contributed by atoms with Gasteiger partial charge in [-0.2, -0.15) is 0 Å². The third-order valence-corrected chi connectivity index (χ3v) is 5.44. The summed E-state index contributed by atoms with van der Waals surface area (Å²) in [6.45, 7) is 2.66. The minimum Gasteiger partial charge on any atom is -0.393 e. The van der Waals surface area contributed by atoms with Gasteiger partial charge >= 0.3 is 0 Å². The smallest absolute Gasteiger partial charge is 0.214 e. The van der Waals surface area contributed by atoms with Crippen molar-refractivity contribution < 1.29 is 13.5 Å². The van der Waals surface area contributed by atoms with Gasteiger partial charge in [-0.1, -0.05) is 6.07 Å². The Hall–Kier alpha value is -0.980. The van der Waals surface area contributed by atoms with Crippen LogP contribution < -0.4 is 0 Å². The Morgan fingerprint density at radius 3 is 2.89 bits per heavy atom. The fourth-order valence-electron chi connectivity index (χ4n) is 2.31. The number of hydrogen-bond acceptors (Lipinski definition) is 4. The molecule has 1 aliphatic heterocycles. The summed E-state index contributed by atoms with van der Waals surface area (Å²) in [4.78, 5) is 4.13. The van der Waals surface area contributed by atoms with E-state index in [-0.39, 0.29) is 11.7 Å². The number of pyridine rings is 1. The molecule has 0 aromatic carbocycles. The molecule has 1 fully saturated rings. The standard InChI is InChI=1S/C13H20N2O3S/c1-11(16)12-5-8-15(10-12)19(17,18)9-6-13-4-2-3-7-14-13/h2-4,7,11-12,16H,5-6,8-10H2,1H3. The van der Waals surface area contributed by atoms with E-state index in [1.54, 1.807) is 13.1 Å². The van der Waals surface area contributed by atoms with Gasteiger partial charge in [0.15, 0.2) is 0 Å². The van der Waals surface area contributed by atoms with Crippen molar-refractivity contribution >= 4 is 10.0 Å². The molecule has 5 nitrogen and oxygen atoms in total. The number of sulfonamides is 1. The first kappa shape index (κ1) is 14.4. The summed E-state index contributed by atoms with van der Waals surface area (Å²) in [5, 5.41) is 9.51. The van der Waals surface area contributed by atoms with Crippen LogP contribution in [0.4, 0.5) is 0 Å². The van der Waals surface area contributed by atoms with Gasteiger partial charge in [-0.05, 0) is 31.4 Å². The molecule has 1 aromatic rings. The molecule has 106 valence electrons. The fraction of sp³-hybridized carbons (Fsp3) is 0.615. The summed E-state index contributed by atoms with van der Waals surface area (Å²) in [5.41, 5.74) is 0.789. The van der Waals surface area contributed by atoms with Gasteiger partial charge in [0.25, 0.3) is 0 Å². The monoisotopic (exact) mass is 284 g/mol. The molecule has 1 N–H and O–H groups in total. The maximum absolute atomic E-state index is 12.2. The highest BCUT2D eigenvalue weighted by atomic mass is 32.2. The van der Waals surface area contributed by atoms with Crippen molar-refractivity contribution in [3.63, 3.8) is 0 Å². The zero-order valence-electron chi connectivity index (χ0n) is 11.1. The van der Waals surface area contributed by atoms with Crippen molar-refractivity contribution in [3.8, 4) is 0 Å². The molecule has 0 bridgehead atoms. The van der Waals surface area contributed by atoms with Crippen LogP contribution in [0, 0.1) is 5.92 Å². The van der Waals surface area contributed by atoms with Crippen molar-refractivity contribution in [3.05, 3.63) is 30.1 Å². The van der Waals surface area contributed by atoms with E-state index in [9.17, 15) is 13.5 Å². The van der Waals surface area contributed by atoms with Gasteiger partial charge in [0.1, 0.15) is 0 Å².